The molecule has 0 aliphatic rings. The van der Waals surface area contributed by atoms with Gasteiger partial charge in [-0.05, 0) is 19.1 Å². The number of aromatic hydroxyl groups is 1. The van der Waals surface area contributed by atoms with Crippen LogP contribution < -0.4 is 0 Å². The number of ether oxygens (including phenoxy) is 1. The van der Waals surface area contributed by atoms with Crippen LogP contribution in [0.4, 0.5) is 0 Å². The van der Waals surface area contributed by atoms with Gasteiger partial charge in [-0.2, -0.15) is 0 Å². The van der Waals surface area contributed by atoms with Crippen molar-refractivity contribution in [3.63, 3.8) is 0 Å². The van der Waals surface area contributed by atoms with Crippen molar-refractivity contribution in [1.82, 2.24) is 15.1 Å². The van der Waals surface area contributed by atoms with Crippen molar-refractivity contribution in [2.24, 2.45) is 0 Å². The maximum Gasteiger partial charge on any atom is 0.360 e. The van der Waals surface area contributed by atoms with Crippen LogP contribution in [0.3, 0.4) is 0 Å². The SMILES string of the molecule is CCOC(=O)c1ncc2c(-c3ccncc3)noc2c1O. The Kier molecular flexibility index (Phi) is 3.23. The van der Waals surface area contributed by atoms with Gasteiger partial charge in [0, 0.05) is 24.2 Å². The van der Waals surface area contributed by atoms with Gasteiger partial charge >= 0.3 is 5.97 Å². The highest BCUT2D eigenvalue weighted by Gasteiger charge is 2.22. The summed E-state index contributed by atoms with van der Waals surface area (Å²) in [6.45, 7) is 1.86. The number of carbonyl (C=O) groups is 1. The third-order valence-corrected chi connectivity index (χ3v) is 2.91. The summed E-state index contributed by atoms with van der Waals surface area (Å²) in [7, 11) is 0. The van der Waals surface area contributed by atoms with Gasteiger partial charge in [-0.25, -0.2) is 9.78 Å². The summed E-state index contributed by atoms with van der Waals surface area (Å²) in [6, 6.07) is 3.52. The average molecular weight is 285 g/mol. The van der Waals surface area contributed by atoms with Crippen molar-refractivity contribution in [1.29, 1.82) is 0 Å². The van der Waals surface area contributed by atoms with Crippen molar-refractivity contribution < 1.29 is 19.2 Å². The number of carbonyl (C=O) groups excluding carboxylic acids is 1. The van der Waals surface area contributed by atoms with Crippen LogP contribution in [-0.2, 0) is 4.74 Å². The minimum Gasteiger partial charge on any atom is -0.502 e. The smallest absolute Gasteiger partial charge is 0.360 e. The minimum absolute atomic E-state index is 0.0971. The molecule has 0 atom stereocenters. The van der Waals surface area contributed by atoms with Gasteiger partial charge in [0.05, 0.1) is 12.0 Å². The molecule has 0 amide bonds. The van der Waals surface area contributed by atoms with E-state index in [1.165, 1.54) is 6.20 Å². The van der Waals surface area contributed by atoms with E-state index in [9.17, 15) is 9.90 Å². The van der Waals surface area contributed by atoms with Crippen molar-refractivity contribution in [3.8, 4) is 17.0 Å². The molecule has 0 saturated carbocycles. The lowest BCUT2D eigenvalue weighted by Gasteiger charge is -2.03. The van der Waals surface area contributed by atoms with E-state index in [4.69, 9.17) is 9.26 Å². The Morgan fingerprint density at radius 1 is 1.38 bits per heavy atom. The Bertz CT molecular complexity index is 799. The normalized spacial score (nSPS) is 10.7. The lowest BCUT2D eigenvalue weighted by atomic mass is 10.1. The number of pyridine rings is 2. The van der Waals surface area contributed by atoms with E-state index < -0.39 is 5.97 Å². The highest BCUT2D eigenvalue weighted by atomic mass is 16.5. The summed E-state index contributed by atoms with van der Waals surface area (Å²) in [5.74, 6) is -1.09. The molecule has 3 aromatic heterocycles. The number of rotatable bonds is 3. The van der Waals surface area contributed by atoms with Crippen molar-refractivity contribution in [2.75, 3.05) is 6.61 Å². The van der Waals surface area contributed by atoms with Crippen LogP contribution >= 0.6 is 0 Å². The van der Waals surface area contributed by atoms with Gasteiger partial charge in [0.15, 0.2) is 11.4 Å². The summed E-state index contributed by atoms with van der Waals surface area (Å²) in [4.78, 5) is 19.5. The summed E-state index contributed by atoms with van der Waals surface area (Å²) < 4.78 is 9.95. The fraction of sp³-hybridized carbons (Fsp3) is 0.143. The molecule has 7 nitrogen and oxygen atoms in total. The monoisotopic (exact) mass is 285 g/mol. The van der Waals surface area contributed by atoms with Gasteiger partial charge < -0.3 is 14.4 Å². The molecule has 0 radical (unpaired) electrons. The number of fused-ring (bicyclic) bond motifs is 1. The number of aromatic nitrogens is 3. The Morgan fingerprint density at radius 2 is 2.14 bits per heavy atom. The molecule has 3 rings (SSSR count). The maximum absolute atomic E-state index is 11.7. The van der Waals surface area contributed by atoms with E-state index in [1.807, 2.05) is 0 Å². The van der Waals surface area contributed by atoms with Gasteiger partial charge in [0.2, 0.25) is 5.58 Å². The molecule has 21 heavy (non-hydrogen) atoms. The molecular formula is C14H11N3O4. The lowest BCUT2D eigenvalue weighted by Crippen LogP contribution is -2.07. The molecule has 0 fully saturated rings. The van der Waals surface area contributed by atoms with Crippen LogP contribution in [0.1, 0.15) is 17.4 Å². The Morgan fingerprint density at radius 3 is 2.86 bits per heavy atom. The van der Waals surface area contributed by atoms with E-state index in [1.54, 1.807) is 31.5 Å². The second-order valence-corrected chi connectivity index (χ2v) is 4.19. The Hall–Kier alpha value is -2.96. The zero-order valence-electron chi connectivity index (χ0n) is 11.1. The molecule has 7 heteroatoms. The van der Waals surface area contributed by atoms with Gasteiger partial charge in [-0.1, -0.05) is 5.16 Å². The predicted octanol–water partition coefficient (Wildman–Crippen LogP) is 2.17. The van der Waals surface area contributed by atoms with Gasteiger partial charge in [0.25, 0.3) is 0 Å². The predicted molar refractivity (Wildman–Crippen MR) is 72.7 cm³/mol. The molecule has 0 aliphatic heterocycles. The first-order valence-corrected chi connectivity index (χ1v) is 6.27. The molecule has 0 aliphatic carbocycles. The molecule has 1 N–H and O–H groups in total. The van der Waals surface area contributed by atoms with Crippen molar-refractivity contribution in [3.05, 3.63) is 36.4 Å². The first kappa shape index (κ1) is 13.0. The van der Waals surface area contributed by atoms with E-state index in [0.717, 1.165) is 5.56 Å². The van der Waals surface area contributed by atoms with Crippen LogP contribution in [-0.4, -0.2) is 32.8 Å². The highest BCUT2D eigenvalue weighted by Crippen LogP contribution is 2.33. The van der Waals surface area contributed by atoms with Crippen LogP contribution in [0.2, 0.25) is 0 Å². The van der Waals surface area contributed by atoms with Crippen molar-refractivity contribution >= 4 is 16.9 Å². The number of hydrogen-bond acceptors (Lipinski definition) is 7. The molecule has 0 bridgehead atoms. The summed E-state index contributed by atoms with van der Waals surface area (Å²) >= 11 is 0. The van der Waals surface area contributed by atoms with E-state index >= 15 is 0 Å². The van der Waals surface area contributed by atoms with Gasteiger partial charge in [0.1, 0.15) is 5.69 Å². The number of nitrogens with zero attached hydrogens (tertiary/aromatic N) is 3. The average Bonchev–Trinajstić information content (AvgIpc) is 2.93. The number of hydrogen-bond donors (Lipinski definition) is 1. The standard InChI is InChI=1S/C14H11N3O4/c1-2-20-14(19)11-12(18)13-9(7-16-11)10(17-21-13)8-3-5-15-6-4-8/h3-7,18H,2H2,1H3. The molecule has 0 aromatic carbocycles. The second-order valence-electron chi connectivity index (χ2n) is 4.19. The summed E-state index contributed by atoms with van der Waals surface area (Å²) in [5.41, 5.74) is 1.20. The maximum atomic E-state index is 11.7. The topological polar surface area (TPSA) is 98.3 Å². The fourth-order valence-corrected chi connectivity index (χ4v) is 1.95. The second kappa shape index (κ2) is 5.20. The van der Waals surface area contributed by atoms with E-state index in [2.05, 4.69) is 15.1 Å². The molecule has 0 saturated heterocycles. The third-order valence-electron chi connectivity index (χ3n) is 2.91. The minimum atomic E-state index is -0.709. The molecule has 0 unspecified atom stereocenters. The summed E-state index contributed by atoms with van der Waals surface area (Å²) in [6.07, 6.45) is 4.67. The van der Waals surface area contributed by atoms with Crippen molar-refractivity contribution in [2.45, 2.75) is 6.92 Å². The molecular weight excluding hydrogens is 274 g/mol. The van der Waals surface area contributed by atoms with E-state index in [0.29, 0.717) is 11.1 Å². The Labute approximate surface area is 119 Å². The van der Waals surface area contributed by atoms with Gasteiger partial charge in [-0.3, -0.25) is 4.98 Å². The van der Waals surface area contributed by atoms with Crippen LogP contribution in [0, 0.1) is 0 Å². The molecule has 0 spiro atoms. The highest BCUT2D eigenvalue weighted by molar-refractivity contribution is 6.00. The first-order valence-electron chi connectivity index (χ1n) is 6.27. The lowest BCUT2D eigenvalue weighted by molar-refractivity contribution is 0.0516. The molecule has 3 aromatic rings. The number of esters is 1. The Balaban J connectivity index is 2.13. The molecule has 3 heterocycles. The largest absolute Gasteiger partial charge is 0.502 e. The fourth-order valence-electron chi connectivity index (χ4n) is 1.95. The first-order chi connectivity index (χ1) is 10.2. The van der Waals surface area contributed by atoms with Crippen LogP contribution in [0.25, 0.3) is 22.2 Å². The third kappa shape index (κ3) is 2.18. The quantitative estimate of drug-likeness (QED) is 0.736. The van der Waals surface area contributed by atoms with E-state index in [-0.39, 0.29) is 23.6 Å². The zero-order chi connectivity index (χ0) is 14.8. The summed E-state index contributed by atoms with van der Waals surface area (Å²) in [5, 5.41) is 14.5. The molecule has 106 valence electrons. The van der Waals surface area contributed by atoms with Gasteiger partial charge in [-0.15, -0.1) is 0 Å². The zero-order valence-corrected chi connectivity index (χ0v) is 11.1. The van der Waals surface area contributed by atoms with Crippen LogP contribution in [0.15, 0.2) is 35.2 Å². The van der Waals surface area contributed by atoms with Crippen LogP contribution in [0.5, 0.6) is 5.75 Å².